The average Bonchev–Trinajstić information content (AvgIpc) is 2.88. The lowest BCUT2D eigenvalue weighted by atomic mass is 9.94. The van der Waals surface area contributed by atoms with Crippen LogP contribution in [0.1, 0.15) is 45.2 Å². The summed E-state index contributed by atoms with van der Waals surface area (Å²) >= 11 is 0. The van der Waals surface area contributed by atoms with Crippen LogP contribution < -0.4 is 22.5 Å². The third-order valence-corrected chi connectivity index (χ3v) is 5.69. The Balaban J connectivity index is 0.000000598. The van der Waals surface area contributed by atoms with Crippen LogP contribution in [0.25, 0.3) is 0 Å². The van der Waals surface area contributed by atoms with Crippen molar-refractivity contribution < 1.29 is 39.6 Å². The van der Waals surface area contributed by atoms with Crippen LogP contribution in [0.15, 0.2) is 60.7 Å². The zero-order chi connectivity index (χ0) is 31.8. The van der Waals surface area contributed by atoms with Gasteiger partial charge in [0, 0.05) is 0 Å². The van der Waals surface area contributed by atoms with Crippen molar-refractivity contribution in [3.05, 3.63) is 71.8 Å². The second kappa shape index (κ2) is 18.5. The largest absolute Gasteiger partial charge is 0.480 e. The van der Waals surface area contributed by atoms with Crippen molar-refractivity contribution in [2.75, 3.05) is 0 Å². The number of carbonyl (C=O) groups is 4. The van der Waals surface area contributed by atoms with Crippen LogP contribution in [-0.2, 0) is 32.0 Å². The smallest absolute Gasteiger partial charge is 0.338 e. The normalized spacial score (nSPS) is 14.3. The van der Waals surface area contributed by atoms with Crippen LogP contribution in [0.4, 0.5) is 0 Å². The van der Waals surface area contributed by atoms with Crippen LogP contribution in [0.2, 0.25) is 0 Å². The van der Waals surface area contributed by atoms with E-state index in [4.69, 9.17) is 37.6 Å². The number of hydrogen-bond donors (Lipinski definition) is 8. The third kappa shape index (κ3) is 15.5. The molecule has 0 aliphatic heterocycles. The summed E-state index contributed by atoms with van der Waals surface area (Å²) in [7, 11) is 0. The van der Waals surface area contributed by atoms with E-state index in [1.807, 2.05) is 74.5 Å². The first-order valence-corrected chi connectivity index (χ1v) is 13.1. The van der Waals surface area contributed by atoms with E-state index in [1.54, 1.807) is 13.8 Å². The zero-order valence-electron chi connectivity index (χ0n) is 23.9. The molecule has 0 spiro atoms. The van der Waals surface area contributed by atoms with Gasteiger partial charge in [0.15, 0.2) is 5.66 Å². The molecule has 0 saturated heterocycles. The summed E-state index contributed by atoms with van der Waals surface area (Å²) in [4.78, 5) is 42.9. The highest BCUT2D eigenvalue weighted by molar-refractivity contribution is 5.80. The molecule has 2 aromatic carbocycles. The fourth-order valence-electron chi connectivity index (χ4n) is 3.55. The molecular weight excluding hydrogens is 532 g/mol. The van der Waals surface area contributed by atoms with Crippen LogP contribution in [0, 0.1) is 11.8 Å². The Morgan fingerprint density at radius 2 is 1.07 bits per heavy atom. The molecule has 0 saturated carbocycles. The SMILES string of the molecule is CC(C)C[C@](N)(N[C@@H](C(=O)O)C(C)C)C(=O)O.N[C@H](Cc1ccccc1)C(=O)O.N[C@H](Cc1ccccc1)C(=O)O. The van der Waals surface area contributed by atoms with Gasteiger partial charge >= 0.3 is 23.9 Å². The molecular formula is C29H44N4O8. The fraction of sp³-hybridized carbons (Fsp3) is 0.448. The van der Waals surface area contributed by atoms with Crippen LogP contribution in [0.3, 0.4) is 0 Å². The topological polar surface area (TPSA) is 239 Å². The number of carboxylic acids is 4. The van der Waals surface area contributed by atoms with E-state index in [-0.39, 0.29) is 18.3 Å². The predicted octanol–water partition coefficient (Wildman–Crippen LogP) is 1.75. The lowest BCUT2D eigenvalue weighted by Crippen LogP contribution is -2.65. The van der Waals surface area contributed by atoms with Gasteiger partial charge in [-0.05, 0) is 42.2 Å². The molecule has 0 aliphatic rings. The maximum absolute atomic E-state index is 11.2. The second-order valence-electron chi connectivity index (χ2n) is 10.3. The highest BCUT2D eigenvalue weighted by Gasteiger charge is 2.39. The molecule has 0 radical (unpaired) electrons. The zero-order valence-corrected chi connectivity index (χ0v) is 23.9. The Morgan fingerprint density at radius 3 is 1.32 bits per heavy atom. The Bertz CT molecular complexity index is 1030. The minimum atomic E-state index is -1.71. The second-order valence-corrected chi connectivity index (χ2v) is 10.3. The Morgan fingerprint density at radius 1 is 0.707 bits per heavy atom. The molecule has 0 bridgehead atoms. The maximum Gasteiger partial charge on any atom is 0.338 e. The van der Waals surface area contributed by atoms with E-state index in [0.29, 0.717) is 12.8 Å². The molecule has 2 aromatic rings. The molecule has 4 atom stereocenters. The first kappa shape index (κ1) is 37.2. The van der Waals surface area contributed by atoms with Crippen molar-refractivity contribution >= 4 is 23.9 Å². The number of rotatable bonds is 13. The molecule has 0 aliphatic carbocycles. The number of hydrogen-bond acceptors (Lipinski definition) is 8. The number of aliphatic carboxylic acids is 4. The highest BCUT2D eigenvalue weighted by atomic mass is 16.4. The Hall–Kier alpha value is -3.84. The summed E-state index contributed by atoms with van der Waals surface area (Å²) < 4.78 is 0. The van der Waals surface area contributed by atoms with Gasteiger partial charge in [0.25, 0.3) is 0 Å². The lowest BCUT2D eigenvalue weighted by Gasteiger charge is -2.32. The minimum absolute atomic E-state index is 0.0465. The molecule has 0 aromatic heterocycles. The maximum atomic E-state index is 11.2. The standard InChI is InChI=1S/C11H22N2O4.2C9H11NO2/c1-6(2)5-11(12,10(16)17)13-8(7(3)4)9(14)15;2*10-8(9(11)12)6-7-4-2-1-3-5-7/h6-8,13H,5,12H2,1-4H3,(H,14,15)(H,16,17);2*1-5,8H,6,10H2,(H,11,12)/t8-,11+;2*8-/m111/s1. The summed E-state index contributed by atoms with van der Waals surface area (Å²) in [5.41, 5.74) is 16.6. The highest BCUT2D eigenvalue weighted by Crippen LogP contribution is 2.15. The number of benzene rings is 2. The lowest BCUT2D eigenvalue weighted by molar-refractivity contribution is -0.149. The molecule has 0 amide bonds. The molecule has 228 valence electrons. The van der Waals surface area contributed by atoms with Crippen molar-refractivity contribution in [1.82, 2.24) is 5.32 Å². The van der Waals surface area contributed by atoms with Crippen molar-refractivity contribution in [3.63, 3.8) is 0 Å². The van der Waals surface area contributed by atoms with E-state index in [0.717, 1.165) is 11.1 Å². The molecule has 12 heteroatoms. The minimum Gasteiger partial charge on any atom is -0.480 e. The number of carboxylic acid groups (broad SMARTS) is 4. The quantitative estimate of drug-likeness (QED) is 0.159. The van der Waals surface area contributed by atoms with E-state index in [9.17, 15) is 19.2 Å². The monoisotopic (exact) mass is 576 g/mol. The summed E-state index contributed by atoms with van der Waals surface area (Å²) in [6, 6.07) is 16.1. The van der Waals surface area contributed by atoms with Gasteiger partial charge < -0.3 is 37.6 Å². The molecule has 0 fully saturated rings. The van der Waals surface area contributed by atoms with E-state index >= 15 is 0 Å². The van der Waals surface area contributed by atoms with Gasteiger partial charge in [0.2, 0.25) is 0 Å². The molecule has 11 N–H and O–H groups in total. The predicted molar refractivity (Wildman–Crippen MR) is 155 cm³/mol. The van der Waals surface area contributed by atoms with E-state index in [2.05, 4.69) is 5.32 Å². The van der Waals surface area contributed by atoms with Crippen LogP contribution in [0.5, 0.6) is 0 Å². The van der Waals surface area contributed by atoms with Crippen molar-refractivity contribution in [2.45, 2.75) is 70.7 Å². The number of nitrogens with one attached hydrogen (secondary N) is 1. The molecule has 0 heterocycles. The molecule has 12 nitrogen and oxygen atoms in total. The summed E-state index contributed by atoms with van der Waals surface area (Å²) in [6.45, 7) is 7.06. The van der Waals surface area contributed by atoms with Crippen LogP contribution >= 0.6 is 0 Å². The van der Waals surface area contributed by atoms with E-state index in [1.165, 1.54) is 0 Å². The van der Waals surface area contributed by atoms with E-state index < -0.39 is 47.7 Å². The van der Waals surface area contributed by atoms with Gasteiger partial charge in [-0.1, -0.05) is 88.4 Å². The van der Waals surface area contributed by atoms with Crippen molar-refractivity contribution in [3.8, 4) is 0 Å². The average molecular weight is 577 g/mol. The van der Waals surface area contributed by atoms with Crippen LogP contribution in [-0.4, -0.2) is 68.1 Å². The van der Waals surface area contributed by atoms with Crippen molar-refractivity contribution in [2.24, 2.45) is 29.0 Å². The van der Waals surface area contributed by atoms with Gasteiger partial charge in [0.1, 0.15) is 18.1 Å². The third-order valence-electron chi connectivity index (χ3n) is 5.69. The summed E-state index contributed by atoms with van der Waals surface area (Å²) in [5, 5.41) is 37.7. The van der Waals surface area contributed by atoms with Gasteiger partial charge in [-0.2, -0.15) is 0 Å². The molecule has 2 rings (SSSR count). The first-order chi connectivity index (χ1) is 19.0. The summed E-state index contributed by atoms with van der Waals surface area (Å²) in [5.74, 6) is -4.46. The first-order valence-electron chi connectivity index (χ1n) is 13.1. The molecule has 41 heavy (non-hydrogen) atoms. The summed E-state index contributed by atoms with van der Waals surface area (Å²) in [6.07, 6.45) is 0.936. The van der Waals surface area contributed by atoms with Gasteiger partial charge in [-0.3, -0.25) is 19.7 Å². The Kier molecular flexibility index (Phi) is 16.8. The molecule has 0 unspecified atom stereocenters. The van der Waals surface area contributed by atoms with Crippen molar-refractivity contribution in [1.29, 1.82) is 0 Å². The fourth-order valence-corrected chi connectivity index (χ4v) is 3.55. The number of nitrogens with two attached hydrogens (primary N) is 3. The van der Waals surface area contributed by atoms with Gasteiger partial charge in [-0.25, -0.2) is 4.79 Å². The van der Waals surface area contributed by atoms with Gasteiger partial charge in [-0.15, -0.1) is 0 Å². The Labute approximate surface area is 240 Å². The van der Waals surface area contributed by atoms with Gasteiger partial charge in [0.05, 0.1) is 0 Å².